The molecule has 0 radical (unpaired) electrons. The van der Waals surface area contributed by atoms with Gasteiger partial charge in [-0.2, -0.15) is 0 Å². The molecule has 1 saturated carbocycles. The van der Waals surface area contributed by atoms with Crippen LogP contribution < -0.4 is 10.1 Å². The predicted octanol–water partition coefficient (Wildman–Crippen LogP) is 6.75. The average molecular weight is 497 g/mol. The average Bonchev–Trinajstić information content (AvgIpc) is 3.34. The number of hydrogen-bond donors (Lipinski definition) is 2. The molecule has 2 aliphatic rings. The van der Waals surface area contributed by atoms with E-state index in [1.54, 1.807) is 0 Å². The lowest BCUT2D eigenvalue weighted by molar-refractivity contribution is 0.0908. The predicted molar refractivity (Wildman–Crippen MR) is 147 cm³/mol. The van der Waals surface area contributed by atoms with E-state index in [-0.39, 0.29) is 5.91 Å². The van der Waals surface area contributed by atoms with Crippen molar-refractivity contribution in [1.29, 1.82) is 0 Å². The number of benzene rings is 2. The maximum atomic E-state index is 13.5. The van der Waals surface area contributed by atoms with Crippen molar-refractivity contribution in [3.63, 3.8) is 0 Å². The number of ether oxygens (including phenoxy) is 1. The first-order valence-corrected chi connectivity index (χ1v) is 13.6. The van der Waals surface area contributed by atoms with E-state index in [0.717, 1.165) is 40.6 Å². The van der Waals surface area contributed by atoms with E-state index in [0.29, 0.717) is 18.1 Å². The minimum absolute atomic E-state index is 0.0985. The van der Waals surface area contributed by atoms with E-state index in [1.807, 2.05) is 39.8 Å². The van der Waals surface area contributed by atoms with E-state index >= 15 is 0 Å². The first-order valence-electron chi connectivity index (χ1n) is 13.6. The maximum Gasteiger partial charge on any atom is 0.252 e. The smallest absolute Gasteiger partial charge is 0.252 e. The quantitative estimate of drug-likeness (QED) is 0.328. The van der Waals surface area contributed by atoms with E-state index in [9.17, 15) is 4.79 Å². The van der Waals surface area contributed by atoms with Crippen LogP contribution in [0.1, 0.15) is 85.0 Å². The summed E-state index contributed by atoms with van der Waals surface area (Å²) < 4.78 is 8.57. The zero-order valence-corrected chi connectivity index (χ0v) is 22.3. The number of fused-ring (bicyclic) bond motifs is 5. The van der Waals surface area contributed by atoms with Crippen molar-refractivity contribution in [2.45, 2.75) is 77.8 Å². The van der Waals surface area contributed by atoms with Crippen LogP contribution in [0.2, 0.25) is 0 Å². The summed E-state index contributed by atoms with van der Waals surface area (Å²) in [6, 6.07) is 14.6. The van der Waals surface area contributed by atoms with Gasteiger partial charge in [0.1, 0.15) is 18.2 Å². The molecular formula is C31H36N4O2. The molecule has 0 spiro atoms. The van der Waals surface area contributed by atoms with Crippen LogP contribution in [0.25, 0.3) is 22.2 Å². The summed E-state index contributed by atoms with van der Waals surface area (Å²) in [4.78, 5) is 21.5. The van der Waals surface area contributed by atoms with Gasteiger partial charge in [-0.25, -0.2) is 4.98 Å². The molecule has 37 heavy (non-hydrogen) atoms. The molecule has 1 aliphatic carbocycles. The Morgan fingerprint density at radius 2 is 1.89 bits per heavy atom. The molecule has 2 aromatic heterocycles. The topological polar surface area (TPSA) is 71.9 Å². The summed E-state index contributed by atoms with van der Waals surface area (Å²) in [7, 11) is 0. The summed E-state index contributed by atoms with van der Waals surface area (Å²) in [6.45, 7) is 9.32. The molecule has 2 aromatic carbocycles. The fourth-order valence-corrected chi connectivity index (χ4v) is 6.14. The van der Waals surface area contributed by atoms with E-state index in [2.05, 4.69) is 50.2 Å². The minimum atomic E-state index is -0.624. The second-order valence-corrected chi connectivity index (χ2v) is 11.2. The number of amides is 1. The summed E-state index contributed by atoms with van der Waals surface area (Å²) in [5.74, 6) is 2.15. The van der Waals surface area contributed by atoms with E-state index in [1.165, 1.54) is 48.7 Å². The first-order chi connectivity index (χ1) is 17.8. The van der Waals surface area contributed by atoms with Crippen LogP contribution in [-0.4, -0.2) is 27.0 Å². The monoisotopic (exact) mass is 496 g/mol. The highest BCUT2D eigenvalue weighted by Crippen LogP contribution is 2.47. The van der Waals surface area contributed by atoms with E-state index < -0.39 is 5.54 Å². The molecule has 1 aliphatic heterocycles. The molecule has 3 heterocycles. The van der Waals surface area contributed by atoms with Crippen LogP contribution in [-0.2, 0) is 12.1 Å². The molecule has 0 atom stereocenters. The first kappa shape index (κ1) is 23.8. The van der Waals surface area contributed by atoms with Gasteiger partial charge in [-0.05, 0) is 76.3 Å². The number of aryl methyl sites for hydroxylation is 2. The van der Waals surface area contributed by atoms with Crippen LogP contribution in [0.4, 0.5) is 0 Å². The number of carbonyl (C=O) groups excluding carboxylic acids is 1. The van der Waals surface area contributed by atoms with Gasteiger partial charge in [-0.15, -0.1) is 0 Å². The zero-order chi connectivity index (χ0) is 25.7. The number of para-hydroxylation sites is 1. The Bertz CT molecular complexity index is 1470. The largest absolute Gasteiger partial charge is 0.491 e. The Balaban J connectivity index is 1.45. The Hall–Kier alpha value is -3.54. The van der Waals surface area contributed by atoms with Crippen molar-refractivity contribution >= 4 is 16.8 Å². The number of H-pyrrole nitrogens is 1. The fraction of sp³-hybridized carbons (Fsp3) is 0.419. The van der Waals surface area contributed by atoms with Crippen LogP contribution in [0.15, 0.2) is 42.5 Å². The van der Waals surface area contributed by atoms with E-state index in [4.69, 9.17) is 4.74 Å². The molecule has 192 valence electrons. The van der Waals surface area contributed by atoms with Gasteiger partial charge in [0.05, 0.1) is 23.5 Å². The van der Waals surface area contributed by atoms with Crippen molar-refractivity contribution in [1.82, 2.24) is 19.9 Å². The standard InChI is InChI=1S/C31H36N4O2/c1-19-20(2)33-30(32-19)31(3,4)34-29(36)22-14-15-23-25(18-22)35-16-17-37-26-13-9-8-12-24(26)28(35)27(23)21-10-6-5-7-11-21/h8-9,12-15,18,21H,5-7,10-11,16-17H2,1-4H3,(H,32,33)(H,34,36). The summed E-state index contributed by atoms with van der Waals surface area (Å²) in [5.41, 5.74) is 6.99. The molecule has 1 amide bonds. The summed E-state index contributed by atoms with van der Waals surface area (Å²) >= 11 is 0. The zero-order valence-electron chi connectivity index (χ0n) is 22.3. The molecule has 6 nitrogen and oxygen atoms in total. The van der Waals surface area contributed by atoms with Crippen molar-refractivity contribution in [3.8, 4) is 17.0 Å². The highest BCUT2D eigenvalue weighted by Gasteiger charge is 2.31. The van der Waals surface area contributed by atoms with Gasteiger partial charge < -0.3 is 19.6 Å². The van der Waals surface area contributed by atoms with Crippen molar-refractivity contribution in [2.24, 2.45) is 0 Å². The molecule has 2 N–H and O–H groups in total. The molecule has 0 bridgehead atoms. The molecule has 6 heteroatoms. The van der Waals surface area contributed by atoms with Crippen molar-refractivity contribution < 1.29 is 9.53 Å². The van der Waals surface area contributed by atoms with Crippen molar-refractivity contribution in [2.75, 3.05) is 6.61 Å². The van der Waals surface area contributed by atoms with Crippen LogP contribution in [0.3, 0.4) is 0 Å². The lowest BCUT2D eigenvalue weighted by atomic mass is 9.81. The van der Waals surface area contributed by atoms with Gasteiger partial charge in [-0.1, -0.05) is 37.5 Å². The number of hydrogen-bond acceptors (Lipinski definition) is 3. The molecule has 1 fully saturated rings. The minimum Gasteiger partial charge on any atom is -0.491 e. The second kappa shape index (κ2) is 9.09. The Labute approximate surface area is 218 Å². The molecule has 4 aromatic rings. The van der Waals surface area contributed by atoms with Gasteiger partial charge in [0.15, 0.2) is 0 Å². The number of imidazole rings is 1. The van der Waals surface area contributed by atoms with Gasteiger partial charge in [0.25, 0.3) is 5.91 Å². The summed E-state index contributed by atoms with van der Waals surface area (Å²) in [6.07, 6.45) is 6.30. The number of nitrogens with one attached hydrogen (secondary N) is 2. The van der Waals surface area contributed by atoms with Gasteiger partial charge in [-0.3, -0.25) is 4.79 Å². The lowest BCUT2D eigenvalue weighted by Gasteiger charge is -2.24. The number of aromatic nitrogens is 3. The second-order valence-electron chi connectivity index (χ2n) is 11.2. The Kier molecular flexibility index (Phi) is 5.85. The third kappa shape index (κ3) is 4.12. The van der Waals surface area contributed by atoms with Crippen molar-refractivity contribution in [3.05, 3.63) is 70.8 Å². The molecule has 0 unspecified atom stereocenters. The number of rotatable bonds is 4. The molecule has 0 saturated heterocycles. The molecular weight excluding hydrogens is 460 g/mol. The van der Waals surface area contributed by atoms with Crippen LogP contribution >= 0.6 is 0 Å². The van der Waals surface area contributed by atoms with Crippen LogP contribution in [0, 0.1) is 13.8 Å². The number of carbonyl (C=O) groups is 1. The Morgan fingerprint density at radius 1 is 1.11 bits per heavy atom. The highest BCUT2D eigenvalue weighted by atomic mass is 16.5. The van der Waals surface area contributed by atoms with Gasteiger partial charge in [0, 0.05) is 27.7 Å². The highest BCUT2D eigenvalue weighted by molar-refractivity contribution is 6.01. The maximum absolute atomic E-state index is 13.5. The number of aromatic amines is 1. The lowest BCUT2D eigenvalue weighted by Crippen LogP contribution is -2.41. The van der Waals surface area contributed by atoms with Gasteiger partial charge >= 0.3 is 0 Å². The van der Waals surface area contributed by atoms with Gasteiger partial charge in [0.2, 0.25) is 0 Å². The number of nitrogens with zero attached hydrogens (tertiary/aromatic N) is 2. The molecule has 6 rings (SSSR count). The Morgan fingerprint density at radius 3 is 2.65 bits per heavy atom. The SMILES string of the molecule is Cc1nc(C(C)(C)NC(=O)c2ccc3c(C4CCCCC4)c4n(c3c2)CCOc2ccccc2-4)[nH]c1C. The summed E-state index contributed by atoms with van der Waals surface area (Å²) in [5, 5.41) is 4.48. The van der Waals surface area contributed by atoms with Crippen LogP contribution in [0.5, 0.6) is 5.75 Å². The third-order valence-corrected chi connectivity index (χ3v) is 8.24. The third-order valence-electron chi connectivity index (χ3n) is 8.24. The fourth-order valence-electron chi connectivity index (χ4n) is 6.14. The normalized spacial score (nSPS) is 16.1.